The number of aromatic nitrogens is 2. The Hall–Kier alpha value is -0.920. The van der Waals surface area contributed by atoms with Crippen LogP contribution in [0.4, 0.5) is 0 Å². The summed E-state index contributed by atoms with van der Waals surface area (Å²) in [5, 5.41) is 0. The molecule has 5 nitrogen and oxygen atoms in total. The van der Waals surface area contributed by atoms with Gasteiger partial charge in [-0.05, 0) is 35.9 Å². The Kier molecular flexibility index (Phi) is 5.60. The molecule has 0 unspecified atom stereocenters. The molecule has 0 aliphatic rings. The van der Waals surface area contributed by atoms with Gasteiger partial charge in [0.25, 0.3) is 5.56 Å². The number of carbonyl (C=O) groups is 1. The van der Waals surface area contributed by atoms with Gasteiger partial charge < -0.3 is 4.74 Å². The van der Waals surface area contributed by atoms with Gasteiger partial charge in [0.15, 0.2) is 0 Å². The molecule has 0 amide bonds. The summed E-state index contributed by atoms with van der Waals surface area (Å²) in [6.45, 7) is 4.10. The van der Waals surface area contributed by atoms with Gasteiger partial charge in [-0.15, -0.1) is 0 Å². The molecule has 0 saturated carbocycles. The third kappa shape index (κ3) is 4.10. The lowest BCUT2D eigenvalue weighted by molar-refractivity contribution is -0.144. The predicted molar refractivity (Wildman–Crippen MR) is 71.8 cm³/mol. The standard InChI is InChI=1S/C11H15IN2O3/c1-3-4-5-17-9(15)6-14-7-13-8(2)10(12)11(14)16/h7H,3-6H2,1-2H3. The monoisotopic (exact) mass is 350 g/mol. The Balaban J connectivity index is 2.66. The van der Waals surface area contributed by atoms with E-state index in [1.807, 2.05) is 29.5 Å². The molecule has 1 heterocycles. The van der Waals surface area contributed by atoms with Crippen molar-refractivity contribution in [2.45, 2.75) is 33.2 Å². The first-order valence-corrected chi connectivity index (χ1v) is 6.51. The number of ether oxygens (including phenoxy) is 1. The van der Waals surface area contributed by atoms with Crippen LogP contribution in [-0.2, 0) is 16.1 Å². The fourth-order valence-electron chi connectivity index (χ4n) is 1.17. The molecule has 0 aliphatic carbocycles. The summed E-state index contributed by atoms with van der Waals surface area (Å²) in [6, 6.07) is 0. The normalized spacial score (nSPS) is 10.3. The summed E-state index contributed by atoms with van der Waals surface area (Å²) in [4.78, 5) is 27.2. The number of hydrogen-bond donors (Lipinski definition) is 0. The first-order valence-electron chi connectivity index (χ1n) is 5.43. The molecule has 1 rings (SSSR count). The van der Waals surface area contributed by atoms with E-state index in [0.717, 1.165) is 12.8 Å². The van der Waals surface area contributed by atoms with Gasteiger partial charge in [0, 0.05) is 0 Å². The van der Waals surface area contributed by atoms with E-state index < -0.39 is 5.97 Å². The van der Waals surface area contributed by atoms with Crippen molar-refractivity contribution in [1.29, 1.82) is 0 Å². The maximum atomic E-state index is 11.8. The number of aryl methyl sites for hydroxylation is 1. The van der Waals surface area contributed by atoms with Crippen molar-refractivity contribution >= 4 is 28.6 Å². The molecule has 17 heavy (non-hydrogen) atoms. The van der Waals surface area contributed by atoms with Crippen LogP contribution >= 0.6 is 22.6 Å². The van der Waals surface area contributed by atoms with E-state index in [-0.39, 0.29) is 12.1 Å². The lowest BCUT2D eigenvalue weighted by Gasteiger charge is -2.07. The van der Waals surface area contributed by atoms with Crippen molar-refractivity contribution < 1.29 is 9.53 Å². The average molecular weight is 350 g/mol. The minimum Gasteiger partial charge on any atom is -0.464 e. The largest absolute Gasteiger partial charge is 0.464 e. The second-order valence-electron chi connectivity index (χ2n) is 3.65. The van der Waals surface area contributed by atoms with Crippen molar-refractivity contribution in [3.8, 4) is 0 Å². The van der Waals surface area contributed by atoms with Crippen molar-refractivity contribution in [1.82, 2.24) is 9.55 Å². The van der Waals surface area contributed by atoms with Crippen LogP contribution in [0.2, 0.25) is 0 Å². The van der Waals surface area contributed by atoms with Gasteiger partial charge in [0.1, 0.15) is 6.54 Å². The zero-order valence-corrected chi connectivity index (χ0v) is 12.1. The summed E-state index contributed by atoms with van der Waals surface area (Å²) in [5.41, 5.74) is 0.469. The number of rotatable bonds is 5. The predicted octanol–water partition coefficient (Wildman–Crippen LogP) is 1.50. The summed E-state index contributed by atoms with van der Waals surface area (Å²) in [6.07, 6.45) is 3.18. The fourth-order valence-corrected chi connectivity index (χ4v) is 1.62. The maximum Gasteiger partial charge on any atom is 0.326 e. The zero-order valence-electron chi connectivity index (χ0n) is 9.90. The molecular weight excluding hydrogens is 335 g/mol. The van der Waals surface area contributed by atoms with Crippen LogP contribution in [0.15, 0.2) is 11.1 Å². The van der Waals surface area contributed by atoms with Gasteiger partial charge in [0.05, 0.1) is 22.2 Å². The number of nitrogens with zero attached hydrogens (tertiary/aromatic N) is 2. The lowest BCUT2D eigenvalue weighted by atomic mass is 10.4. The van der Waals surface area contributed by atoms with Crippen molar-refractivity contribution in [3.63, 3.8) is 0 Å². The van der Waals surface area contributed by atoms with Gasteiger partial charge >= 0.3 is 5.97 Å². The van der Waals surface area contributed by atoms with Gasteiger partial charge in [-0.3, -0.25) is 14.2 Å². The Morgan fingerprint density at radius 1 is 1.59 bits per heavy atom. The van der Waals surface area contributed by atoms with Crippen molar-refractivity contribution in [3.05, 3.63) is 25.9 Å². The van der Waals surface area contributed by atoms with Crippen LogP contribution in [0.3, 0.4) is 0 Å². The van der Waals surface area contributed by atoms with E-state index in [1.165, 1.54) is 10.9 Å². The summed E-state index contributed by atoms with van der Waals surface area (Å²) in [7, 11) is 0. The van der Waals surface area contributed by atoms with Crippen molar-refractivity contribution in [2.24, 2.45) is 0 Å². The number of unbranched alkanes of at least 4 members (excludes halogenated alkanes) is 1. The zero-order chi connectivity index (χ0) is 12.8. The lowest BCUT2D eigenvalue weighted by Crippen LogP contribution is -2.28. The van der Waals surface area contributed by atoms with Gasteiger partial charge in [-0.1, -0.05) is 13.3 Å². The highest BCUT2D eigenvalue weighted by molar-refractivity contribution is 14.1. The molecule has 94 valence electrons. The van der Waals surface area contributed by atoms with E-state index in [2.05, 4.69) is 4.98 Å². The van der Waals surface area contributed by atoms with Crippen LogP contribution in [-0.4, -0.2) is 22.1 Å². The van der Waals surface area contributed by atoms with Gasteiger partial charge in [-0.2, -0.15) is 0 Å². The van der Waals surface area contributed by atoms with E-state index in [0.29, 0.717) is 15.9 Å². The molecule has 6 heteroatoms. The van der Waals surface area contributed by atoms with Gasteiger partial charge in [0.2, 0.25) is 0 Å². The van der Waals surface area contributed by atoms with Crippen LogP contribution in [0.1, 0.15) is 25.5 Å². The molecule has 0 aliphatic heterocycles. The Labute approximate surface area is 113 Å². The molecule has 0 saturated heterocycles. The third-order valence-corrected chi connectivity index (χ3v) is 3.46. The van der Waals surface area contributed by atoms with E-state index in [9.17, 15) is 9.59 Å². The molecule has 1 aromatic heterocycles. The first kappa shape index (κ1) is 14.1. The Morgan fingerprint density at radius 3 is 2.94 bits per heavy atom. The van der Waals surface area contributed by atoms with Gasteiger partial charge in [-0.25, -0.2) is 4.98 Å². The Bertz CT molecular complexity index is 457. The third-order valence-electron chi connectivity index (χ3n) is 2.22. The molecule has 0 aromatic carbocycles. The SMILES string of the molecule is CCCCOC(=O)Cn1cnc(C)c(I)c1=O. The number of hydrogen-bond acceptors (Lipinski definition) is 4. The smallest absolute Gasteiger partial charge is 0.326 e. The number of carbonyl (C=O) groups excluding carboxylic acids is 1. The fraction of sp³-hybridized carbons (Fsp3) is 0.545. The molecule has 0 spiro atoms. The molecule has 0 radical (unpaired) electrons. The minimum absolute atomic E-state index is 0.0776. The molecule has 0 N–H and O–H groups in total. The molecule has 0 atom stereocenters. The molecule has 0 bridgehead atoms. The van der Waals surface area contributed by atoms with Crippen LogP contribution in [0.5, 0.6) is 0 Å². The van der Waals surface area contributed by atoms with Crippen LogP contribution in [0, 0.1) is 10.5 Å². The quantitative estimate of drug-likeness (QED) is 0.459. The van der Waals surface area contributed by atoms with E-state index >= 15 is 0 Å². The molecule has 1 aromatic rings. The number of halogens is 1. The maximum absolute atomic E-state index is 11.8. The summed E-state index contributed by atoms with van der Waals surface area (Å²) < 4.78 is 6.78. The van der Waals surface area contributed by atoms with Crippen LogP contribution in [0.25, 0.3) is 0 Å². The van der Waals surface area contributed by atoms with E-state index in [4.69, 9.17) is 4.74 Å². The Morgan fingerprint density at radius 2 is 2.29 bits per heavy atom. The van der Waals surface area contributed by atoms with Crippen molar-refractivity contribution in [2.75, 3.05) is 6.61 Å². The number of esters is 1. The van der Waals surface area contributed by atoms with Crippen LogP contribution < -0.4 is 5.56 Å². The average Bonchev–Trinajstić information content (AvgIpc) is 2.30. The summed E-state index contributed by atoms with van der Waals surface area (Å²) in [5.74, 6) is -0.401. The summed E-state index contributed by atoms with van der Waals surface area (Å²) >= 11 is 1.93. The minimum atomic E-state index is -0.401. The highest BCUT2D eigenvalue weighted by Crippen LogP contribution is 2.01. The first-order chi connectivity index (χ1) is 8.06. The highest BCUT2D eigenvalue weighted by Gasteiger charge is 2.09. The molecular formula is C11H15IN2O3. The highest BCUT2D eigenvalue weighted by atomic mass is 127. The topological polar surface area (TPSA) is 61.2 Å². The second-order valence-corrected chi connectivity index (χ2v) is 4.73. The molecule has 0 fully saturated rings. The second kappa shape index (κ2) is 6.73. The van der Waals surface area contributed by atoms with E-state index in [1.54, 1.807) is 6.92 Å².